The van der Waals surface area contributed by atoms with Gasteiger partial charge < -0.3 is 10.2 Å². The molecule has 0 spiro atoms. The van der Waals surface area contributed by atoms with E-state index in [2.05, 4.69) is 10.3 Å². The lowest BCUT2D eigenvalue weighted by atomic mass is 10.1. The van der Waals surface area contributed by atoms with E-state index in [-0.39, 0.29) is 23.5 Å². The van der Waals surface area contributed by atoms with Gasteiger partial charge in [0.15, 0.2) is 0 Å². The molecule has 1 aliphatic rings. The second-order valence-corrected chi connectivity index (χ2v) is 8.78. The summed E-state index contributed by atoms with van der Waals surface area (Å²) in [4.78, 5) is 6.27. The molecule has 2 heterocycles. The normalized spacial score (nSPS) is 15.6. The topological polar surface area (TPSA) is 89.3 Å². The number of pyridine rings is 1. The fourth-order valence-corrected chi connectivity index (χ4v) is 4.49. The number of anilines is 2. The van der Waals surface area contributed by atoms with Crippen LogP contribution in [0.25, 0.3) is 0 Å². The van der Waals surface area contributed by atoms with Crippen LogP contribution in [-0.4, -0.2) is 56.2 Å². The highest BCUT2D eigenvalue weighted by molar-refractivity contribution is 7.89. The first-order chi connectivity index (χ1) is 14.2. The van der Waals surface area contributed by atoms with Crippen molar-refractivity contribution < 1.29 is 21.6 Å². The van der Waals surface area contributed by atoms with Crippen LogP contribution in [0.2, 0.25) is 0 Å². The van der Waals surface area contributed by atoms with Gasteiger partial charge in [-0.05, 0) is 30.3 Å². The van der Waals surface area contributed by atoms with E-state index in [1.165, 1.54) is 4.31 Å². The van der Waals surface area contributed by atoms with Crippen molar-refractivity contribution in [3.63, 3.8) is 0 Å². The molecule has 0 radical (unpaired) electrons. The summed E-state index contributed by atoms with van der Waals surface area (Å²) >= 11 is 0. The van der Waals surface area contributed by atoms with Gasteiger partial charge in [0.25, 0.3) is 0 Å². The summed E-state index contributed by atoms with van der Waals surface area (Å²) in [6.45, 7) is 1.65. The highest BCUT2D eigenvalue weighted by atomic mass is 32.2. The fourth-order valence-electron chi connectivity index (χ4n) is 3.15. The molecule has 3 rings (SSSR count). The minimum Gasteiger partial charge on any atom is -0.383 e. The number of aromatic nitrogens is 1. The lowest BCUT2D eigenvalue weighted by Gasteiger charge is -2.34. The summed E-state index contributed by atoms with van der Waals surface area (Å²) in [6.07, 6.45) is -2.87. The second-order valence-electron chi connectivity index (χ2n) is 6.69. The zero-order valence-corrected chi connectivity index (χ0v) is 16.7. The number of hydrogen-bond acceptors (Lipinski definition) is 6. The number of rotatable bonds is 6. The van der Waals surface area contributed by atoms with Crippen LogP contribution in [0.1, 0.15) is 11.1 Å². The second kappa shape index (κ2) is 8.89. The van der Waals surface area contributed by atoms with E-state index in [1.54, 1.807) is 12.3 Å². The first kappa shape index (κ1) is 21.9. The molecule has 0 bridgehead atoms. The number of halogens is 3. The average molecular weight is 439 g/mol. The van der Waals surface area contributed by atoms with Crippen molar-refractivity contribution in [1.82, 2.24) is 9.29 Å². The molecule has 1 fully saturated rings. The lowest BCUT2D eigenvalue weighted by Crippen LogP contribution is -2.50. The third kappa shape index (κ3) is 5.20. The molecule has 7 nitrogen and oxygen atoms in total. The summed E-state index contributed by atoms with van der Waals surface area (Å²) in [5.74, 6) is 0.560. The third-order valence-corrected chi connectivity index (χ3v) is 6.62. The first-order valence-corrected chi connectivity index (χ1v) is 10.8. The van der Waals surface area contributed by atoms with Crippen LogP contribution < -0.4 is 10.2 Å². The molecule has 160 valence electrons. The van der Waals surface area contributed by atoms with Crippen LogP contribution in [0.5, 0.6) is 0 Å². The Balaban J connectivity index is 1.55. The molecule has 0 aliphatic carbocycles. The minimum absolute atomic E-state index is 0.0250. The summed E-state index contributed by atoms with van der Waals surface area (Å²) in [5, 5.41) is 11.9. The van der Waals surface area contributed by atoms with Crippen LogP contribution in [0, 0.1) is 11.3 Å². The van der Waals surface area contributed by atoms with Crippen LogP contribution in [-0.2, 0) is 16.2 Å². The van der Waals surface area contributed by atoms with Gasteiger partial charge in [0.2, 0.25) is 10.0 Å². The maximum atomic E-state index is 12.8. The number of benzene rings is 1. The molecule has 1 aromatic carbocycles. The molecule has 30 heavy (non-hydrogen) atoms. The number of nitrogens with one attached hydrogen (secondary N) is 1. The number of sulfonamides is 1. The van der Waals surface area contributed by atoms with Crippen LogP contribution in [0.4, 0.5) is 24.7 Å². The van der Waals surface area contributed by atoms with Crippen LogP contribution in [0.15, 0.2) is 42.6 Å². The molecule has 11 heteroatoms. The van der Waals surface area contributed by atoms with Gasteiger partial charge in [0, 0.05) is 38.9 Å². The maximum absolute atomic E-state index is 12.8. The van der Waals surface area contributed by atoms with Gasteiger partial charge in [-0.25, -0.2) is 13.4 Å². The van der Waals surface area contributed by atoms with Crippen molar-refractivity contribution in [3.8, 4) is 6.07 Å². The zero-order valence-electron chi connectivity index (χ0n) is 15.9. The van der Waals surface area contributed by atoms with Gasteiger partial charge >= 0.3 is 6.18 Å². The Morgan fingerprint density at radius 1 is 1.13 bits per heavy atom. The molecule has 1 N–H and O–H groups in total. The van der Waals surface area contributed by atoms with Gasteiger partial charge in [-0.2, -0.15) is 22.7 Å². The lowest BCUT2D eigenvalue weighted by molar-refractivity contribution is -0.137. The van der Waals surface area contributed by atoms with Crippen molar-refractivity contribution in [2.24, 2.45) is 0 Å². The molecule has 0 unspecified atom stereocenters. The highest BCUT2D eigenvalue weighted by Gasteiger charge is 2.31. The van der Waals surface area contributed by atoms with Gasteiger partial charge in [-0.15, -0.1) is 0 Å². The number of piperazine rings is 1. The minimum atomic E-state index is -4.55. The SMILES string of the molecule is N#Cc1cc(C(F)(F)F)ccc1NCCS(=O)(=O)N1CCN(c2ccccn2)CC1. The Labute approximate surface area is 172 Å². The number of alkyl halides is 3. The van der Waals surface area contributed by atoms with Gasteiger partial charge in [0.1, 0.15) is 11.9 Å². The Morgan fingerprint density at radius 3 is 2.47 bits per heavy atom. The van der Waals surface area contributed by atoms with Crippen molar-refractivity contribution in [2.45, 2.75) is 6.18 Å². The monoisotopic (exact) mass is 439 g/mol. The molecule has 0 saturated carbocycles. The van der Waals surface area contributed by atoms with E-state index >= 15 is 0 Å². The van der Waals surface area contributed by atoms with E-state index in [1.807, 2.05) is 23.1 Å². The molecule has 0 atom stereocenters. The first-order valence-electron chi connectivity index (χ1n) is 9.20. The van der Waals surface area contributed by atoms with Crippen LogP contribution >= 0.6 is 0 Å². The number of hydrogen-bond donors (Lipinski definition) is 1. The highest BCUT2D eigenvalue weighted by Crippen LogP contribution is 2.31. The Morgan fingerprint density at radius 2 is 1.87 bits per heavy atom. The van der Waals surface area contributed by atoms with Gasteiger partial charge in [-0.3, -0.25) is 0 Å². The molecule has 0 amide bonds. The van der Waals surface area contributed by atoms with E-state index < -0.39 is 21.8 Å². The molecule has 2 aromatic rings. The Bertz CT molecular complexity index is 1010. The maximum Gasteiger partial charge on any atom is 0.416 e. The average Bonchev–Trinajstić information content (AvgIpc) is 2.74. The third-order valence-electron chi connectivity index (χ3n) is 4.75. The summed E-state index contributed by atoms with van der Waals surface area (Å²) < 4.78 is 64.9. The molecule has 1 aromatic heterocycles. The Kier molecular flexibility index (Phi) is 6.48. The van der Waals surface area contributed by atoms with Crippen molar-refractivity contribution >= 4 is 21.5 Å². The van der Waals surface area contributed by atoms with Crippen molar-refractivity contribution in [3.05, 3.63) is 53.7 Å². The standard InChI is InChI=1S/C19H20F3N5O2S/c20-19(21,22)16-4-5-17(15(13-16)14-23)24-7-12-30(28,29)27-10-8-26(9-11-27)18-3-1-2-6-25-18/h1-6,13,24H,7-12H2. The van der Waals surface area contributed by atoms with Gasteiger partial charge in [0.05, 0.1) is 22.6 Å². The fraction of sp³-hybridized carbons (Fsp3) is 0.368. The van der Waals surface area contributed by atoms with E-state index in [4.69, 9.17) is 5.26 Å². The summed E-state index contributed by atoms with van der Waals surface area (Å²) in [5.41, 5.74) is -0.949. The summed E-state index contributed by atoms with van der Waals surface area (Å²) in [7, 11) is -3.55. The predicted molar refractivity (Wildman–Crippen MR) is 106 cm³/mol. The number of nitrogens with zero attached hydrogens (tertiary/aromatic N) is 4. The van der Waals surface area contributed by atoms with E-state index in [9.17, 15) is 21.6 Å². The van der Waals surface area contributed by atoms with Gasteiger partial charge in [-0.1, -0.05) is 6.07 Å². The Hall–Kier alpha value is -2.84. The molecular formula is C19H20F3N5O2S. The van der Waals surface area contributed by atoms with E-state index in [0.29, 0.717) is 26.2 Å². The smallest absolute Gasteiger partial charge is 0.383 e. The van der Waals surface area contributed by atoms with E-state index in [0.717, 1.165) is 24.0 Å². The zero-order chi connectivity index (χ0) is 21.8. The molecular weight excluding hydrogens is 419 g/mol. The van der Waals surface area contributed by atoms with Crippen molar-refractivity contribution in [1.29, 1.82) is 5.26 Å². The number of nitriles is 1. The van der Waals surface area contributed by atoms with Crippen LogP contribution in [0.3, 0.4) is 0 Å². The predicted octanol–water partition coefficient (Wildman–Crippen LogP) is 2.54. The quantitative estimate of drug-likeness (QED) is 0.744. The molecule has 1 aliphatic heterocycles. The molecule has 1 saturated heterocycles. The van der Waals surface area contributed by atoms with Crippen molar-refractivity contribution in [2.75, 3.05) is 48.7 Å². The largest absolute Gasteiger partial charge is 0.416 e. The summed E-state index contributed by atoms with van der Waals surface area (Å²) in [6, 6.07) is 9.99.